The van der Waals surface area contributed by atoms with Gasteiger partial charge in [0, 0.05) is 6.42 Å². The van der Waals surface area contributed by atoms with Crippen LogP contribution in [0, 0.1) is 0 Å². The molecule has 60 heavy (non-hydrogen) atoms. The molecule has 1 amide bonds. The largest absolute Gasteiger partial charge is 0.394 e. The predicted molar refractivity (Wildman–Crippen MR) is 267 cm³/mol. The summed E-state index contributed by atoms with van der Waals surface area (Å²) in [7, 11) is 0. The minimum Gasteiger partial charge on any atom is -0.394 e. The summed E-state index contributed by atoms with van der Waals surface area (Å²) in [5, 5.41) is 23.1. The summed E-state index contributed by atoms with van der Waals surface area (Å²) in [6.45, 7) is 4.33. The van der Waals surface area contributed by atoms with Crippen molar-refractivity contribution < 1.29 is 15.0 Å². The lowest BCUT2D eigenvalue weighted by molar-refractivity contribution is -0.123. The van der Waals surface area contributed by atoms with E-state index in [0.29, 0.717) is 6.42 Å². The Morgan fingerprint density at radius 3 is 0.967 bits per heavy atom. The van der Waals surface area contributed by atoms with Gasteiger partial charge in [-0.15, -0.1) is 0 Å². The van der Waals surface area contributed by atoms with Crippen LogP contribution in [0.3, 0.4) is 0 Å². The van der Waals surface area contributed by atoms with Gasteiger partial charge in [0.1, 0.15) is 0 Å². The summed E-state index contributed by atoms with van der Waals surface area (Å²) < 4.78 is 0. The highest BCUT2D eigenvalue weighted by atomic mass is 16.3. The van der Waals surface area contributed by atoms with Gasteiger partial charge in [0.05, 0.1) is 18.8 Å². The maximum absolute atomic E-state index is 12.4. The van der Waals surface area contributed by atoms with Gasteiger partial charge in [-0.05, 0) is 44.9 Å². The maximum Gasteiger partial charge on any atom is 0.220 e. The quantitative estimate of drug-likeness (QED) is 0.0422. The van der Waals surface area contributed by atoms with Gasteiger partial charge < -0.3 is 15.5 Å². The number of allylic oxidation sites excluding steroid dienone is 5. The Morgan fingerprint density at radius 2 is 0.650 bits per heavy atom. The van der Waals surface area contributed by atoms with E-state index in [-0.39, 0.29) is 12.5 Å². The van der Waals surface area contributed by atoms with Gasteiger partial charge in [-0.2, -0.15) is 0 Å². The van der Waals surface area contributed by atoms with Crippen molar-refractivity contribution in [3.63, 3.8) is 0 Å². The monoisotopic (exact) mass is 842 g/mol. The second kappa shape index (κ2) is 52.0. The van der Waals surface area contributed by atoms with Crippen LogP contribution in [0.15, 0.2) is 36.5 Å². The van der Waals surface area contributed by atoms with Crippen molar-refractivity contribution in [2.75, 3.05) is 6.61 Å². The van der Waals surface area contributed by atoms with E-state index in [4.69, 9.17) is 0 Å². The van der Waals surface area contributed by atoms with Crippen LogP contribution in [-0.2, 0) is 4.79 Å². The third kappa shape index (κ3) is 47.7. The fourth-order valence-corrected chi connectivity index (χ4v) is 8.45. The van der Waals surface area contributed by atoms with E-state index in [1.807, 2.05) is 6.08 Å². The Morgan fingerprint density at radius 1 is 0.383 bits per heavy atom. The molecular formula is C56H107NO3. The zero-order chi connectivity index (χ0) is 43.5. The molecule has 0 fully saturated rings. The number of carbonyl (C=O) groups excluding carboxylic acids is 1. The molecule has 0 aromatic heterocycles. The number of hydrogen-bond donors (Lipinski definition) is 3. The van der Waals surface area contributed by atoms with Crippen LogP contribution in [0.2, 0.25) is 0 Å². The molecule has 2 unspecified atom stereocenters. The van der Waals surface area contributed by atoms with E-state index in [1.54, 1.807) is 6.08 Å². The molecule has 0 aromatic rings. The van der Waals surface area contributed by atoms with Crippen molar-refractivity contribution in [3.8, 4) is 0 Å². The number of hydrogen-bond acceptors (Lipinski definition) is 3. The van der Waals surface area contributed by atoms with Crippen LogP contribution < -0.4 is 5.32 Å². The Bertz CT molecular complexity index is 912. The van der Waals surface area contributed by atoms with Gasteiger partial charge in [-0.3, -0.25) is 4.79 Å². The van der Waals surface area contributed by atoms with Crippen LogP contribution in [0.4, 0.5) is 0 Å². The van der Waals surface area contributed by atoms with Crippen molar-refractivity contribution in [3.05, 3.63) is 36.5 Å². The van der Waals surface area contributed by atoms with Gasteiger partial charge in [-0.25, -0.2) is 0 Å². The lowest BCUT2D eigenvalue weighted by atomic mass is 10.0. The van der Waals surface area contributed by atoms with Crippen molar-refractivity contribution in [2.45, 2.75) is 309 Å². The van der Waals surface area contributed by atoms with Crippen LogP contribution in [0.1, 0.15) is 296 Å². The van der Waals surface area contributed by atoms with Crippen molar-refractivity contribution in [1.82, 2.24) is 5.32 Å². The molecule has 0 aliphatic carbocycles. The summed E-state index contributed by atoms with van der Waals surface area (Å²) in [5.41, 5.74) is 0. The first-order valence-electron chi connectivity index (χ1n) is 27.2. The highest BCUT2D eigenvalue weighted by Crippen LogP contribution is 2.17. The summed E-state index contributed by atoms with van der Waals surface area (Å²) in [6, 6.07) is -0.643. The fraction of sp³-hybridized carbons (Fsp3) is 0.875. The number of aliphatic hydroxyl groups excluding tert-OH is 2. The maximum atomic E-state index is 12.4. The first-order valence-corrected chi connectivity index (χ1v) is 27.2. The van der Waals surface area contributed by atoms with Gasteiger partial charge >= 0.3 is 0 Å². The molecule has 0 aliphatic heterocycles. The molecule has 0 heterocycles. The predicted octanol–water partition coefficient (Wildman–Crippen LogP) is 17.7. The molecule has 0 rings (SSSR count). The Hall–Kier alpha value is -1.39. The molecule has 0 radical (unpaired) electrons. The molecule has 2 atom stereocenters. The molecular weight excluding hydrogens is 735 g/mol. The molecule has 0 aliphatic rings. The fourth-order valence-electron chi connectivity index (χ4n) is 8.45. The van der Waals surface area contributed by atoms with Crippen LogP contribution in [0.5, 0.6) is 0 Å². The molecule has 0 spiro atoms. The standard InChI is InChI=1S/C56H107NO3/c1-3-5-7-9-11-13-15-17-19-21-23-25-26-27-28-29-30-31-32-33-35-37-39-41-43-45-47-49-51-55(59)54(53-58)57-56(60)52-50-48-46-44-42-40-38-36-34-24-22-20-18-16-14-12-10-8-6-4-2/h33,35,41,43,49,51,54-55,58-59H,3-32,34,36-40,42,44-48,50,52-53H2,1-2H3,(H,57,60)/b35-33+,43-41+,51-49+. The molecule has 0 saturated carbocycles. The van der Waals surface area contributed by atoms with Crippen molar-refractivity contribution in [2.24, 2.45) is 0 Å². The Balaban J connectivity index is 3.54. The van der Waals surface area contributed by atoms with E-state index in [0.717, 1.165) is 38.5 Å². The third-order valence-electron chi connectivity index (χ3n) is 12.6. The van der Waals surface area contributed by atoms with Gasteiger partial charge in [0.2, 0.25) is 5.91 Å². The number of unbranched alkanes of at least 4 members (excludes halogenated alkanes) is 39. The smallest absolute Gasteiger partial charge is 0.220 e. The summed E-state index contributed by atoms with van der Waals surface area (Å²) in [5.74, 6) is -0.0729. The molecule has 3 N–H and O–H groups in total. The van der Waals surface area contributed by atoms with E-state index in [2.05, 4.69) is 43.5 Å². The van der Waals surface area contributed by atoms with E-state index < -0.39 is 12.1 Å². The summed E-state index contributed by atoms with van der Waals surface area (Å²) in [6.07, 6.45) is 70.2. The molecule has 354 valence electrons. The first-order chi connectivity index (χ1) is 29.7. The minimum absolute atomic E-state index is 0.0729. The Kier molecular flexibility index (Phi) is 50.8. The minimum atomic E-state index is -0.868. The van der Waals surface area contributed by atoms with Gasteiger partial charge in [0.25, 0.3) is 0 Å². The highest BCUT2D eigenvalue weighted by molar-refractivity contribution is 5.76. The van der Waals surface area contributed by atoms with Gasteiger partial charge in [-0.1, -0.05) is 281 Å². The second-order valence-corrected chi connectivity index (χ2v) is 18.6. The number of aliphatic hydroxyl groups is 2. The lowest BCUT2D eigenvalue weighted by Gasteiger charge is -2.19. The second-order valence-electron chi connectivity index (χ2n) is 18.6. The molecule has 4 nitrogen and oxygen atoms in total. The van der Waals surface area contributed by atoms with E-state index >= 15 is 0 Å². The van der Waals surface area contributed by atoms with E-state index in [9.17, 15) is 15.0 Å². The van der Waals surface area contributed by atoms with Crippen LogP contribution in [-0.4, -0.2) is 34.9 Å². The molecule has 0 saturated heterocycles. The number of amides is 1. The van der Waals surface area contributed by atoms with Gasteiger partial charge in [0.15, 0.2) is 0 Å². The van der Waals surface area contributed by atoms with Crippen LogP contribution in [0.25, 0.3) is 0 Å². The third-order valence-corrected chi connectivity index (χ3v) is 12.6. The zero-order valence-electron chi connectivity index (χ0n) is 40.7. The molecule has 0 bridgehead atoms. The normalized spacial score (nSPS) is 13.1. The molecule has 4 heteroatoms. The molecule has 0 aromatic carbocycles. The SMILES string of the molecule is CCCCCCCCCCCCCCCCCCCC/C=C/CC/C=C/CC/C=C/C(O)C(CO)NC(=O)CCCCCCCCCCCCCCCCCCCCCC. The van der Waals surface area contributed by atoms with Crippen molar-refractivity contribution in [1.29, 1.82) is 0 Å². The summed E-state index contributed by atoms with van der Waals surface area (Å²) in [4.78, 5) is 12.4. The lowest BCUT2D eigenvalue weighted by Crippen LogP contribution is -2.45. The van der Waals surface area contributed by atoms with Crippen LogP contribution >= 0.6 is 0 Å². The number of rotatable bonds is 50. The first kappa shape index (κ1) is 58.6. The van der Waals surface area contributed by atoms with Crippen molar-refractivity contribution >= 4 is 5.91 Å². The van der Waals surface area contributed by atoms with E-state index in [1.165, 1.54) is 238 Å². The number of carbonyl (C=O) groups is 1. The highest BCUT2D eigenvalue weighted by Gasteiger charge is 2.18. The number of nitrogens with one attached hydrogen (secondary N) is 1. The summed E-state index contributed by atoms with van der Waals surface area (Å²) >= 11 is 0. The average Bonchev–Trinajstić information content (AvgIpc) is 3.25. The topological polar surface area (TPSA) is 69.6 Å². The average molecular weight is 842 g/mol. The zero-order valence-corrected chi connectivity index (χ0v) is 40.7. The Labute approximate surface area is 376 Å².